The minimum Gasteiger partial charge on any atom is -0.357 e. The fraction of sp³-hybridized carbons (Fsp3) is 0.600. The Morgan fingerprint density at radius 1 is 1.33 bits per heavy atom. The highest BCUT2D eigenvalue weighted by atomic mass is 19.1. The second-order valence-corrected chi connectivity index (χ2v) is 6.99. The summed E-state index contributed by atoms with van der Waals surface area (Å²) in [7, 11) is 3.63. The highest BCUT2D eigenvalue weighted by Gasteiger charge is 2.30. The third-order valence-electron chi connectivity index (χ3n) is 4.71. The first-order chi connectivity index (χ1) is 13.0. The van der Waals surface area contributed by atoms with Crippen molar-refractivity contribution in [1.29, 1.82) is 0 Å². The predicted octanol–water partition coefficient (Wildman–Crippen LogP) is 1.82. The number of aliphatic imine (C=N–C) groups is 1. The molecule has 0 bridgehead atoms. The van der Waals surface area contributed by atoms with Crippen LogP contribution in [0.15, 0.2) is 29.3 Å². The second kappa shape index (κ2) is 10.9. The van der Waals surface area contributed by atoms with Crippen molar-refractivity contribution < 1.29 is 9.18 Å². The van der Waals surface area contributed by atoms with Crippen molar-refractivity contribution in [2.24, 2.45) is 4.99 Å². The van der Waals surface area contributed by atoms with E-state index < -0.39 is 0 Å². The summed E-state index contributed by atoms with van der Waals surface area (Å²) in [6, 6.07) is 6.71. The molecule has 0 spiro atoms. The van der Waals surface area contributed by atoms with E-state index in [0.29, 0.717) is 18.1 Å². The first-order valence-corrected chi connectivity index (χ1v) is 9.73. The molecule has 1 aliphatic heterocycles. The lowest BCUT2D eigenvalue weighted by molar-refractivity contribution is -0.133. The maximum Gasteiger partial charge on any atom is 0.239 e. The zero-order chi connectivity index (χ0) is 19.6. The molecular weight excluding hydrogens is 345 g/mol. The number of likely N-dealkylation sites (tertiary alicyclic amines) is 1. The zero-order valence-corrected chi connectivity index (χ0v) is 16.7. The van der Waals surface area contributed by atoms with Gasteiger partial charge in [-0.05, 0) is 38.8 Å². The Bertz CT molecular complexity index is 635. The average molecular weight is 378 g/mol. The van der Waals surface area contributed by atoms with Crippen LogP contribution >= 0.6 is 0 Å². The van der Waals surface area contributed by atoms with Gasteiger partial charge >= 0.3 is 0 Å². The van der Waals surface area contributed by atoms with Crippen molar-refractivity contribution in [2.75, 3.05) is 40.3 Å². The Kier molecular flexibility index (Phi) is 8.51. The Hall–Kier alpha value is -2.15. The van der Waals surface area contributed by atoms with Gasteiger partial charge in [0.05, 0.1) is 12.6 Å². The molecule has 1 fully saturated rings. The summed E-state index contributed by atoms with van der Waals surface area (Å²) in [5.41, 5.74) is 0.580. The van der Waals surface area contributed by atoms with Gasteiger partial charge < -0.3 is 15.5 Å². The third kappa shape index (κ3) is 6.50. The molecule has 1 unspecified atom stereocenters. The summed E-state index contributed by atoms with van der Waals surface area (Å²) in [6.07, 6.45) is 2.93. The number of nitrogens with zero attached hydrogens (tertiary/aromatic N) is 3. The van der Waals surface area contributed by atoms with Gasteiger partial charge in [0.1, 0.15) is 5.82 Å². The van der Waals surface area contributed by atoms with E-state index in [0.717, 1.165) is 45.4 Å². The molecule has 0 aliphatic carbocycles. The van der Waals surface area contributed by atoms with E-state index in [-0.39, 0.29) is 17.8 Å². The number of hydrogen-bond acceptors (Lipinski definition) is 3. The molecule has 1 aliphatic rings. The predicted molar refractivity (Wildman–Crippen MR) is 107 cm³/mol. The van der Waals surface area contributed by atoms with Crippen LogP contribution in [0.2, 0.25) is 0 Å². The number of benzene rings is 1. The van der Waals surface area contributed by atoms with E-state index in [4.69, 9.17) is 0 Å². The molecule has 150 valence electrons. The number of likely N-dealkylation sites (N-methyl/N-ethyl adjacent to an activating group) is 1. The SMILES string of the molecule is CCNC(=NCc1ccccc1F)NCCCN1CCCC1C(=O)N(C)C. The van der Waals surface area contributed by atoms with E-state index in [1.165, 1.54) is 6.07 Å². The van der Waals surface area contributed by atoms with Crippen LogP contribution in [0.4, 0.5) is 4.39 Å². The Balaban J connectivity index is 1.79. The van der Waals surface area contributed by atoms with Gasteiger partial charge in [-0.25, -0.2) is 9.38 Å². The van der Waals surface area contributed by atoms with Gasteiger partial charge in [0, 0.05) is 39.3 Å². The quantitative estimate of drug-likeness (QED) is 0.412. The lowest BCUT2D eigenvalue weighted by Gasteiger charge is -2.26. The first kappa shape index (κ1) is 21.2. The van der Waals surface area contributed by atoms with Crippen molar-refractivity contribution in [3.05, 3.63) is 35.6 Å². The molecule has 1 heterocycles. The summed E-state index contributed by atoms with van der Waals surface area (Å²) in [5, 5.41) is 6.48. The molecule has 6 nitrogen and oxygen atoms in total. The van der Waals surface area contributed by atoms with Crippen molar-refractivity contribution in [3.63, 3.8) is 0 Å². The molecular formula is C20H32FN5O. The molecule has 1 aromatic carbocycles. The minimum atomic E-state index is -0.234. The number of guanidine groups is 1. The molecule has 1 aromatic rings. The van der Waals surface area contributed by atoms with Crippen LogP contribution in [0.25, 0.3) is 0 Å². The van der Waals surface area contributed by atoms with Gasteiger partial charge in [-0.1, -0.05) is 18.2 Å². The molecule has 2 rings (SSSR count). The molecule has 0 radical (unpaired) electrons. The molecule has 27 heavy (non-hydrogen) atoms. The van der Waals surface area contributed by atoms with Gasteiger partial charge in [-0.15, -0.1) is 0 Å². The first-order valence-electron chi connectivity index (χ1n) is 9.73. The van der Waals surface area contributed by atoms with E-state index >= 15 is 0 Å². The van der Waals surface area contributed by atoms with Crippen LogP contribution in [-0.2, 0) is 11.3 Å². The Morgan fingerprint density at radius 2 is 2.11 bits per heavy atom. The van der Waals surface area contributed by atoms with Crippen LogP contribution in [0.1, 0.15) is 31.7 Å². The molecule has 2 N–H and O–H groups in total. The number of rotatable bonds is 8. The van der Waals surface area contributed by atoms with Gasteiger partial charge in [0.25, 0.3) is 0 Å². The van der Waals surface area contributed by atoms with E-state index in [9.17, 15) is 9.18 Å². The zero-order valence-electron chi connectivity index (χ0n) is 16.7. The van der Waals surface area contributed by atoms with Crippen LogP contribution in [0.3, 0.4) is 0 Å². The third-order valence-corrected chi connectivity index (χ3v) is 4.71. The van der Waals surface area contributed by atoms with Crippen molar-refractivity contribution >= 4 is 11.9 Å². The van der Waals surface area contributed by atoms with Crippen molar-refractivity contribution in [3.8, 4) is 0 Å². The Morgan fingerprint density at radius 3 is 2.81 bits per heavy atom. The van der Waals surface area contributed by atoms with Gasteiger partial charge in [0.2, 0.25) is 5.91 Å². The highest BCUT2D eigenvalue weighted by molar-refractivity contribution is 5.81. The summed E-state index contributed by atoms with van der Waals surface area (Å²) < 4.78 is 13.7. The average Bonchev–Trinajstić information content (AvgIpc) is 3.11. The number of amides is 1. The van der Waals surface area contributed by atoms with Crippen molar-refractivity contribution in [2.45, 2.75) is 38.8 Å². The van der Waals surface area contributed by atoms with Crippen LogP contribution in [-0.4, -0.2) is 68.0 Å². The number of nitrogens with one attached hydrogen (secondary N) is 2. The molecule has 7 heteroatoms. The molecule has 0 aromatic heterocycles. The van der Waals surface area contributed by atoms with Gasteiger partial charge in [0.15, 0.2) is 5.96 Å². The maximum atomic E-state index is 13.7. The normalized spacial score (nSPS) is 17.8. The van der Waals surface area contributed by atoms with Gasteiger partial charge in [-0.3, -0.25) is 9.69 Å². The summed E-state index contributed by atoms with van der Waals surface area (Å²) in [6.45, 7) is 5.66. The largest absolute Gasteiger partial charge is 0.357 e. The molecule has 0 saturated carbocycles. The van der Waals surface area contributed by atoms with E-state index in [1.807, 2.05) is 27.1 Å². The number of carbonyl (C=O) groups is 1. The highest BCUT2D eigenvalue weighted by Crippen LogP contribution is 2.18. The standard InChI is InChI=1S/C20H32FN5O/c1-4-22-20(24-15-16-9-5-6-10-17(16)21)23-12-8-14-26-13-7-11-18(26)19(27)25(2)3/h5-6,9-10,18H,4,7-8,11-15H2,1-3H3,(H2,22,23,24). The summed E-state index contributed by atoms with van der Waals surface area (Å²) in [4.78, 5) is 20.6. The molecule has 1 atom stereocenters. The smallest absolute Gasteiger partial charge is 0.239 e. The van der Waals surface area contributed by atoms with Crippen molar-refractivity contribution in [1.82, 2.24) is 20.4 Å². The van der Waals surface area contributed by atoms with E-state index in [1.54, 1.807) is 17.0 Å². The number of carbonyl (C=O) groups excluding carboxylic acids is 1. The fourth-order valence-corrected chi connectivity index (χ4v) is 3.29. The maximum absolute atomic E-state index is 13.7. The topological polar surface area (TPSA) is 60.0 Å². The molecule has 1 saturated heterocycles. The van der Waals surface area contributed by atoms with Crippen LogP contribution in [0, 0.1) is 5.82 Å². The molecule has 1 amide bonds. The minimum absolute atomic E-state index is 0.0166. The summed E-state index contributed by atoms with van der Waals surface area (Å²) >= 11 is 0. The lowest BCUT2D eigenvalue weighted by Crippen LogP contribution is -2.44. The Labute approximate surface area is 161 Å². The fourth-order valence-electron chi connectivity index (χ4n) is 3.29. The van der Waals surface area contributed by atoms with E-state index in [2.05, 4.69) is 20.5 Å². The second-order valence-electron chi connectivity index (χ2n) is 6.99. The number of hydrogen-bond donors (Lipinski definition) is 2. The lowest BCUT2D eigenvalue weighted by atomic mass is 10.2. The van der Waals surface area contributed by atoms with Crippen LogP contribution < -0.4 is 10.6 Å². The monoisotopic (exact) mass is 377 g/mol. The summed E-state index contributed by atoms with van der Waals surface area (Å²) in [5.74, 6) is 0.645. The van der Waals surface area contributed by atoms with Gasteiger partial charge in [-0.2, -0.15) is 0 Å². The van der Waals surface area contributed by atoms with Crippen LogP contribution in [0.5, 0.6) is 0 Å². The number of halogens is 1.